The van der Waals surface area contributed by atoms with Crippen LogP contribution in [0.25, 0.3) is 0 Å². The molecule has 1 amide bonds. The molecule has 3 heterocycles. The van der Waals surface area contributed by atoms with E-state index < -0.39 is 0 Å². The zero-order chi connectivity index (χ0) is 13.9. The number of nitrogens with zero attached hydrogens (tertiary/aromatic N) is 2. The first-order valence-electron chi connectivity index (χ1n) is 6.71. The molecule has 0 unspecified atom stereocenters. The molecule has 5 nitrogen and oxygen atoms in total. The van der Waals surface area contributed by atoms with E-state index in [0.717, 1.165) is 42.2 Å². The van der Waals surface area contributed by atoms with Crippen LogP contribution in [0.4, 0.5) is 5.69 Å². The largest absolute Gasteiger partial charge is 0.381 e. The van der Waals surface area contributed by atoms with Gasteiger partial charge in [-0.1, -0.05) is 0 Å². The fraction of sp³-hybridized carbons (Fsp3) is 0.429. The van der Waals surface area contributed by atoms with Crippen molar-refractivity contribution in [3.63, 3.8) is 0 Å². The molecular weight excluding hydrogens is 274 g/mol. The Labute approximate surface area is 121 Å². The topological polar surface area (TPSA) is 56.2 Å². The molecule has 0 saturated carbocycles. The highest BCUT2D eigenvalue weighted by molar-refractivity contribution is 7.12. The summed E-state index contributed by atoms with van der Waals surface area (Å²) in [5.74, 6) is -0.0744. The van der Waals surface area contributed by atoms with E-state index in [9.17, 15) is 4.79 Å². The number of nitrogens with one attached hydrogen (secondary N) is 1. The SMILES string of the molecule is Cc1csc(C(=O)Nc2cnn(C3CCOCC3)c2)c1. The smallest absolute Gasteiger partial charge is 0.265 e. The molecule has 20 heavy (non-hydrogen) atoms. The molecule has 1 aliphatic heterocycles. The molecule has 1 saturated heterocycles. The van der Waals surface area contributed by atoms with Crippen molar-refractivity contribution in [2.24, 2.45) is 0 Å². The summed E-state index contributed by atoms with van der Waals surface area (Å²) < 4.78 is 7.27. The number of rotatable bonds is 3. The van der Waals surface area contributed by atoms with Crippen molar-refractivity contribution in [2.45, 2.75) is 25.8 Å². The molecule has 1 N–H and O–H groups in total. The number of carbonyl (C=O) groups is 1. The third-order valence-corrected chi connectivity index (χ3v) is 4.43. The summed E-state index contributed by atoms with van der Waals surface area (Å²) in [4.78, 5) is 12.8. The second-order valence-electron chi connectivity index (χ2n) is 4.99. The summed E-state index contributed by atoms with van der Waals surface area (Å²) in [6.45, 7) is 3.54. The van der Waals surface area contributed by atoms with Crippen LogP contribution >= 0.6 is 11.3 Å². The van der Waals surface area contributed by atoms with Gasteiger partial charge in [0.1, 0.15) is 0 Å². The molecule has 2 aromatic heterocycles. The van der Waals surface area contributed by atoms with E-state index in [1.807, 2.05) is 29.2 Å². The summed E-state index contributed by atoms with van der Waals surface area (Å²) in [5.41, 5.74) is 1.85. The van der Waals surface area contributed by atoms with Gasteiger partial charge in [0.25, 0.3) is 5.91 Å². The van der Waals surface area contributed by atoms with Gasteiger partial charge in [-0.2, -0.15) is 5.10 Å². The van der Waals surface area contributed by atoms with E-state index in [-0.39, 0.29) is 5.91 Å². The van der Waals surface area contributed by atoms with Gasteiger partial charge in [0.2, 0.25) is 0 Å². The quantitative estimate of drug-likeness (QED) is 0.946. The van der Waals surface area contributed by atoms with Gasteiger partial charge < -0.3 is 10.1 Å². The Balaban J connectivity index is 1.66. The minimum absolute atomic E-state index is 0.0744. The Morgan fingerprint density at radius 3 is 3.00 bits per heavy atom. The maximum atomic E-state index is 12.1. The molecule has 0 atom stereocenters. The number of aromatic nitrogens is 2. The monoisotopic (exact) mass is 291 g/mol. The number of ether oxygens (including phenoxy) is 1. The van der Waals surface area contributed by atoms with Crippen molar-refractivity contribution in [3.05, 3.63) is 34.3 Å². The average molecular weight is 291 g/mol. The molecule has 1 fully saturated rings. The lowest BCUT2D eigenvalue weighted by Crippen LogP contribution is -2.19. The van der Waals surface area contributed by atoms with Gasteiger partial charge in [-0.15, -0.1) is 11.3 Å². The molecule has 0 radical (unpaired) electrons. The van der Waals surface area contributed by atoms with Crippen molar-refractivity contribution in [1.29, 1.82) is 0 Å². The first-order chi connectivity index (χ1) is 9.72. The van der Waals surface area contributed by atoms with Crippen molar-refractivity contribution < 1.29 is 9.53 Å². The number of carbonyl (C=O) groups excluding carboxylic acids is 1. The van der Waals surface area contributed by atoms with Crippen LogP contribution in [0, 0.1) is 6.92 Å². The number of aryl methyl sites for hydroxylation is 1. The predicted octanol–water partition coefficient (Wildman–Crippen LogP) is 2.86. The Morgan fingerprint density at radius 2 is 2.30 bits per heavy atom. The van der Waals surface area contributed by atoms with Gasteiger partial charge in [-0.05, 0) is 36.8 Å². The van der Waals surface area contributed by atoms with Crippen LogP contribution < -0.4 is 5.32 Å². The lowest BCUT2D eigenvalue weighted by molar-refractivity contribution is 0.0662. The molecule has 0 aromatic carbocycles. The minimum atomic E-state index is -0.0744. The van der Waals surface area contributed by atoms with Crippen molar-refractivity contribution in [3.8, 4) is 0 Å². The standard InChI is InChI=1S/C14H17N3O2S/c1-10-6-13(20-9-10)14(18)16-11-7-15-17(8-11)12-2-4-19-5-3-12/h6-9,12H,2-5H2,1H3,(H,16,18). The number of hydrogen-bond acceptors (Lipinski definition) is 4. The maximum Gasteiger partial charge on any atom is 0.265 e. The number of thiophene rings is 1. The summed E-state index contributed by atoms with van der Waals surface area (Å²) in [7, 11) is 0. The summed E-state index contributed by atoms with van der Waals surface area (Å²) in [5, 5.41) is 9.20. The van der Waals surface area contributed by atoms with Gasteiger partial charge >= 0.3 is 0 Å². The van der Waals surface area contributed by atoms with E-state index in [1.165, 1.54) is 11.3 Å². The molecule has 0 spiro atoms. The van der Waals surface area contributed by atoms with E-state index in [4.69, 9.17) is 4.74 Å². The second-order valence-corrected chi connectivity index (χ2v) is 5.91. The van der Waals surface area contributed by atoms with Crippen molar-refractivity contribution in [2.75, 3.05) is 18.5 Å². The lowest BCUT2D eigenvalue weighted by atomic mass is 10.1. The van der Waals surface area contributed by atoms with E-state index in [0.29, 0.717) is 6.04 Å². The zero-order valence-electron chi connectivity index (χ0n) is 11.3. The van der Waals surface area contributed by atoms with Crippen LogP contribution in [0.1, 0.15) is 34.1 Å². The second kappa shape index (κ2) is 5.76. The summed E-state index contributed by atoms with van der Waals surface area (Å²) >= 11 is 1.46. The van der Waals surface area contributed by atoms with Crippen LogP contribution in [0.2, 0.25) is 0 Å². The third-order valence-electron chi connectivity index (χ3n) is 3.38. The van der Waals surface area contributed by atoms with E-state index in [2.05, 4.69) is 10.4 Å². The summed E-state index contributed by atoms with van der Waals surface area (Å²) in [6.07, 6.45) is 5.54. The van der Waals surface area contributed by atoms with Crippen LogP contribution in [-0.2, 0) is 4.74 Å². The molecule has 2 aromatic rings. The van der Waals surface area contributed by atoms with E-state index in [1.54, 1.807) is 6.20 Å². The molecule has 6 heteroatoms. The Morgan fingerprint density at radius 1 is 1.50 bits per heavy atom. The van der Waals surface area contributed by atoms with Gasteiger partial charge in [-0.3, -0.25) is 9.48 Å². The minimum Gasteiger partial charge on any atom is -0.381 e. The average Bonchev–Trinajstić information content (AvgIpc) is 3.09. The van der Waals surface area contributed by atoms with Crippen LogP contribution in [0.5, 0.6) is 0 Å². The third kappa shape index (κ3) is 2.91. The highest BCUT2D eigenvalue weighted by Crippen LogP contribution is 2.22. The molecule has 106 valence electrons. The van der Waals surface area contributed by atoms with Crippen LogP contribution in [-0.4, -0.2) is 28.9 Å². The van der Waals surface area contributed by atoms with Gasteiger partial charge in [0.05, 0.1) is 22.8 Å². The van der Waals surface area contributed by atoms with Gasteiger partial charge in [0, 0.05) is 19.4 Å². The lowest BCUT2D eigenvalue weighted by Gasteiger charge is -2.22. The molecule has 1 aliphatic rings. The molecule has 0 bridgehead atoms. The fourth-order valence-electron chi connectivity index (χ4n) is 2.29. The fourth-order valence-corrected chi connectivity index (χ4v) is 3.09. The van der Waals surface area contributed by atoms with E-state index >= 15 is 0 Å². The van der Waals surface area contributed by atoms with Crippen molar-refractivity contribution >= 4 is 22.9 Å². The highest BCUT2D eigenvalue weighted by Gasteiger charge is 2.17. The highest BCUT2D eigenvalue weighted by atomic mass is 32.1. The molecular formula is C14H17N3O2S. The first kappa shape index (κ1) is 13.3. The Kier molecular flexibility index (Phi) is 3.84. The zero-order valence-corrected chi connectivity index (χ0v) is 12.2. The van der Waals surface area contributed by atoms with Gasteiger partial charge in [-0.25, -0.2) is 0 Å². The molecule has 3 rings (SSSR count). The Hall–Kier alpha value is -1.66. The number of hydrogen-bond donors (Lipinski definition) is 1. The van der Waals surface area contributed by atoms with Crippen LogP contribution in [0.3, 0.4) is 0 Å². The first-order valence-corrected chi connectivity index (χ1v) is 7.59. The van der Waals surface area contributed by atoms with Crippen molar-refractivity contribution in [1.82, 2.24) is 9.78 Å². The summed E-state index contributed by atoms with van der Waals surface area (Å²) in [6, 6.07) is 2.27. The van der Waals surface area contributed by atoms with Gasteiger partial charge in [0.15, 0.2) is 0 Å². The molecule has 0 aliphatic carbocycles. The number of anilines is 1. The normalized spacial score (nSPS) is 16.2. The van der Waals surface area contributed by atoms with Crippen LogP contribution in [0.15, 0.2) is 23.8 Å². The number of amides is 1. The predicted molar refractivity (Wildman–Crippen MR) is 78.3 cm³/mol. The maximum absolute atomic E-state index is 12.1. The Bertz CT molecular complexity index is 599.